The van der Waals surface area contributed by atoms with Crippen LogP contribution in [0, 0.1) is 11.6 Å². The summed E-state index contributed by atoms with van der Waals surface area (Å²) < 4.78 is 28.5. The lowest BCUT2D eigenvalue weighted by atomic mass is 10.0. The summed E-state index contributed by atoms with van der Waals surface area (Å²) in [5.41, 5.74) is 8.29. The van der Waals surface area contributed by atoms with Crippen molar-refractivity contribution in [1.82, 2.24) is 14.5 Å². The van der Waals surface area contributed by atoms with E-state index in [0.29, 0.717) is 42.4 Å². The van der Waals surface area contributed by atoms with Gasteiger partial charge in [0.15, 0.2) is 11.6 Å². The van der Waals surface area contributed by atoms with Gasteiger partial charge in [0.2, 0.25) is 0 Å². The predicted octanol–water partition coefficient (Wildman–Crippen LogP) is 2.94. The number of aromatic nitrogens is 2. The number of rotatable bonds is 5. The fourth-order valence-electron chi connectivity index (χ4n) is 3.67. The van der Waals surface area contributed by atoms with Crippen molar-refractivity contribution in [2.24, 2.45) is 12.8 Å². The van der Waals surface area contributed by atoms with Gasteiger partial charge < -0.3 is 20.5 Å². The molecule has 2 aromatic heterocycles. The number of benzene rings is 1. The lowest BCUT2D eigenvalue weighted by molar-refractivity contribution is 0.0739. The first-order valence-corrected chi connectivity index (χ1v) is 9.19. The topological polar surface area (TPSA) is 76.2 Å². The third-order valence-corrected chi connectivity index (χ3v) is 5.10. The molecule has 6 nitrogen and oxygen atoms in total. The maximum atomic E-state index is 13.4. The van der Waals surface area contributed by atoms with Gasteiger partial charge in [-0.25, -0.2) is 13.8 Å². The smallest absolute Gasteiger partial charge is 0.256 e. The summed E-state index contributed by atoms with van der Waals surface area (Å²) in [5.74, 6) is -1.34. The third kappa shape index (κ3) is 3.09. The number of nitrogens with zero attached hydrogens (tertiary/aromatic N) is 3. The van der Waals surface area contributed by atoms with Crippen LogP contribution in [0.3, 0.4) is 0 Å². The van der Waals surface area contributed by atoms with Crippen LogP contribution < -0.4 is 11.1 Å². The van der Waals surface area contributed by atoms with Gasteiger partial charge in [-0.2, -0.15) is 0 Å². The van der Waals surface area contributed by atoms with Crippen LogP contribution in [0.25, 0.3) is 11.0 Å². The highest BCUT2D eigenvalue weighted by atomic mass is 19.2. The molecule has 0 aliphatic carbocycles. The van der Waals surface area contributed by atoms with Crippen LogP contribution in [0.4, 0.5) is 20.3 Å². The van der Waals surface area contributed by atoms with E-state index in [0.717, 1.165) is 36.1 Å². The van der Waals surface area contributed by atoms with Crippen molar-refractivity contribution in [1.29, 1.82) is 0 Å². The van der Waals surface area contributed by atoms with Crippen molar-refractivity contribution < 1.29 is 13.6 Å². The summed E-state index contributed by atoms with van der Waals surface area (Å²) >= 11 is 0. The molecule has 0 atom stereocenters. The molecule has 1 aliphatic heterocycles. The van der Waals surface area contributed by atoms with Crippen LogP contribution in [0.2, 0.25) is 0 Å². The van der Waals surface area contributed by atoms with Crippen LogP contribution in [0.15, 0.2) is 30.3 Å². The van der Waals surface area contributed by atoms with Gasteiger partial charge in [0.05, 0.1) is 5.56 Å². The minimum absolute atomic E-state index is 0.00316. The Hall–Kier alpha value is -3.00. The van der Waals surface area contributed by atoms with Crippen LogP contribution in [-0.4, -0.2) is 40.0 Å². The maximum Gasteiger partial charge on any atom is 0.256 e. The molecule has 1 aliphatic rings. The number of nitrogens with two attached hydrogens (primary N) is 1. The standard InChI is InChI=1S/C20H21F2N5O/c1-26-16-7-10-27(9-2-8-23)20(28)18(16)13-4-6-17(25-19(13)26)24-12-3-5-14(21)15(22)11-12/h3-6,11H,2,7-10,23H2,1H3,(H,24,25). The second-order valence-electron chi connectivity index (χ2n) is 6.89. The number of fused-ring (bicyclic) bond motifs is 3. The van der Waals surface area contributed by atoms with Crippen LogP contribution in [0.1, 0.15) is 22.5 Å². The second kappa shape index (κ2) is 7.20. The molecule has 3 aromatic rings. The second-order valence-corrected chi connectivity index (χ2v) is 6.89. The van der Waals surface area contributed by atoms with E-state index in [9.17, 15) is 13.6 Å². The van der Waals surface area contributed by atoms with Crippen LogP contribution in [0.5, 0.6) is 0 Å². The molecule has 8 heteroatoms. The van der Waals surface area contributed by atoms with Gasteiger partial charge in [-0.15, -0.1) is 0 Å². The monoisotopic (exact) mass is 385 g/mol. The predicted molar refractivity (Wildman–Crippen MR) is 104 cm³/mol. The SMILES string of the molecule is Cn1c2c(c3ccc(Nc4ccc(F)c(F)c4)nc31)C(=O)N(CCCN)CC2. The van der Waals surface area contributed by atoms with E-state index in [2.05, 4.69) is 10.3 Å². The number of hydrogen-bond donors (Lipinski definition) is 2. The average molecular weight is 385 g/mol. The Morgan fingerprint density at radius 3 is 2.79 bits per heavy atom. The molecule has 1 aromatic carbocycles. The highest BCUT2D eigenvalue weighted by Crippen LogP contribution is 2.31. The van der Waals surface area contributed by atoms with E-state index in [1.165, 1.54) is 6.07 Å². The van der Waals surface area contributed by atoms with Crippen molar-refractivity contribution in [2.45, 2.75) is 12.8 Å². The molecule has 0 saturated heterocycles. The summed E-state index contributed by atoms with van der Waals surface area (Å²) in [5, 5.41) is 3.77. The van der Waals surface area contributed by atoms with E-state index in [1.807, 2.05) is 22.6 Å². The van der Waals surface area contributed by atoms with Crippen molar-refractivity contribution in [3.63, 3.8) is 0 Å². The number of carbonyl (C=O) groups is 1. The molecule has 0 unspecified atom stereocenters. The Balaban J connectivity index is 1.69. The van der Waals surface area contributed by atoms with Crippen LogP contribution in [-0.2, 0) is 13.5 Å². The minimum atomic E-state index is -0.927. The Labute approximate surface area is 160 Å². The number of hydrogen-bond acceptors (Lipinski definition) is 4. The number of carbonyl (C=O) groups excluding carboxylic acids is 1. The van der Waals surface area contributed by atoms with Gasteiger partial charge in [0.1, 0.15) is 11.5 Å². The zero-order valence-corrected chi connectivity index (χ0v) is 15.5. The number of aryl methyl sites for hydroxylation is 1. The van der Waals surface area contributed by atoms with E-state index >= 15 is 0 Å². The van der Waals surface area contributed by atoms with Gasteiger partial charge in [-0.1, -0.05) is 0 Å². The minimum Gasteiger partial charge on any atom is -0.340 e. The van der Waals surface area contributed by atoms with Gasteiger partial charge in [0, 0.05) is 49.4 Å². The summed E-state index contributed by atoms with van der Waals surface area (Å²) in [6.45, 7) is 1.86. The lowest BCUT2D eigenvalue weighted by Crippen LogP contribution is -2.39. The summed E-state index contributed by atoms with van der Waals surface area (Å²) in [7, 11) is 1.89. The molecule has 0 fully saturated rings. The molecule has 0 bridgehead atoms. The fraction of sp³-hybridized carbons (Fsp3) is 0.300. The molecular weight excluding hydrogens is 364 g/mol. The average Bonchev–Trinajstić information content (AvgIpc) is 2.97. The number of pyridine rings is 1. The Morgan fingerprint density at radius 1 is 1.21 bits per heavy atom. The number of nitrogens with one attached hydrogen (secondary N) is 1. The summed E-state index contributed by atoms with van der Waals surface area (Å²) in [4.78, 5) is 19.4. The highest BCUT2D eigenvalue weighted by Gasteiger charge is 2.30. The Morgan fingerprint density at radius 2 is 2.04 bits per heavy atom. The molecule has 0 saturated carbocycles. The van der Waals surface area contributed by atoms with Gasteiger partial charge in [0.25, 0.3) is 5.91 Å². The fourth-order valence-corrected chi connectivity index (χ4v) is 3.67. The molecule has 28 heavy (non-hydrogen) atoms. The molecule has 0 spiro atoms. The van der Waals surface area contributed by atoms with E-state index < -0.39 is 11.6 Å². The molecule has 0 radical (unpaired) electrons. The lowest BCUT2D eigenvalue weighted by Gasteiger charge is -2.27. The largest absolute Gasteiger partial charge is 0.340 e. The maximum absolute atomic E-state index is 13.4. The molecule has 1 amide bonds. The molecule has 3 heterocycles. The van der Waals surface area contributed by atoms with E-state index in [4.69, 9.17) is 5.73 Å². The van der Waals surface area contributed by atoms with Crippen molar-refractivity contribution in [3.8, 4) is 0 Å². The van der Waals surface area contributed by atoms with Crippen molar-refractivity contribution >= 4 is 28.4 Å². The van der Waals surface area contributed by atoms with Crippen LogP contribution >= 0.6 is 0 Å². The van der Waals surface area contributed by atoms with E-state index in [1.54, 1.807) is 6.07 Å². The first-order valence-electron chi connectivity index (χ1n) is 9.19. The zero-order chi connectivity index (χ0) is 19.8. The van der Waals surface area contributed by atoms with E-state index in [-0.39, 0.29) is 5.91 Å². The molecular formula is C20H21F2N5O. The normalized spacial score (nSPS) is 13.9. The molecule has 3 N–H and O–H groups in total. The zero-order valence-electron chi connectivity index (χ0n) is 15.5. The van der Waals surface area contributed by atoms with Gasteiger partial charge in [-0.05, 0) is 37.2 Å². The van der Waals surface area contributed by atoms with Gasteiger partial charge >= 0.3 is 0 Å². The first-order chi connectivity index (χ1) is 13.5. The first kappa shape index (κ1) is 18.4. The van der Waals surface area contributed by atoms with Crippen molar-refractivity contribution in [2.75, 3.05) is 25.0 Å². The summed E-state index contributed by atoms with van der Waals surface area (Å²) in [6.07, 6.45) is 1.52. The Kier molecular flexibility index (Phi) is 4.72. The number of halogens is 2. The number of amides is 1. The Bertz CT molecular complexity index is 1060. The quantitative estimate of drug-likeness (QED) is 0.708. The van der Waals surface area contributed by atoms with Crippen molar-refractivity contribution in [3.05, 3.63) is 53.2 Å². The van der Waals surface area contributed by atoms with Gasteiger partial charge in [-0.3, -0.25) is 4.79 Å². The highest BCUT2D eigenvalue weighted by molar-refractivity contribution is 6.08. The molecule has 146 valence electrons. The summed E-state index contributed by atoms with van der Waals surface area (Å²) in [6, 6.07) is 7.16. The number of anilines is 2. The molecule has 4 rings (SSSR count). The third-order valence-electron chi connectivity index (χ3n) is 5.10.